The Morgan fingerprint density at radius 2 is 2.17 bits per heavy atom. The summed E-state index contributed by atoms with van der Waals surface area (Å²) in [6, 6.07) is 4.70. The van der Waals surface area contributed by atoms with Crippen LogP contribution in [0, 0.1) is 0 Å². The van der Waals surface area contributed by atoms with Gasteiger partial charge in [-0.3, -0.25) is 4.79 Å². The largest absolute Gasteiger partial charge is 0.507 e. The molecule has 0 unspecified atom stereocenters. The number of amides is 1. The van der Waals surface area contributed by atoms with Gasteiger partial charge in [-0.15, -0.1) is 0 Å². The third-order valence-corrected chi connectivity index (χ3v) is 2.66. The van der Waals surface area contributed by atoms with Crippen LogP contribution in [-0.4, -0.2) is 44.5 Å². The smallest absolute Gasteiger partial charge is 0.255 e. The van der Waals surface area contributed by atoms with Crippen molar-refractivity contribution in [1.82, 2.24) is 5.32 Å². The van der Waals surface area contributed by atoms with Gasteiger partial charge in [0.05, 0.1) is 25.4 Å². The van der Waals surface area contributed by atoms with Gasteiger partial charge in [-0.05, 0) is 18.2 Å². The van der Waals surface area contributed by atoms with Crippen molar-refractivity contribution in [2.24, 2.45) is 0 Å². The molecule has 0 aliphatic carbocycles. The summed E-state index contributed by atoms with van der Waals surface area (Å²) in [7, 11) is 1.60. The Labute approximate surface area is 114 Å². The number of carbonyl (C=O) groups excluding carboxylic acids is 1. The van der Waals surface area contributed by atoms with Crippen LogP contribution in [0.15, 0.2) is 22.7 Å². The highest BCUT2D eigenvalue weighted by molar-refractivity contribution is 9.10. The van der Waals surface area contributed by atoms with E-state index < -0.39 is 0 Å². The molecule has 0 aromatic heterocycles. The van der Waals surface area contributed by atoms with Crippen molar-refractivity contribution >= 4 is 21.8 Å². The predicted octanol–water partition coefficient (Wildman–Crippen LogP) is 1.55. The van der Waals surface area contributed by atoms with Gasteiger partial charge in [0.2, 0.25) is 0 Å². The first kappa shape index (κ1) is 14.9. The molecule has 18 heavy (non-hydrogen) atoms. The molecule has 0 fully saturated rings. The van der Waals surface area contributed by atoms with Crippen molar-refractivity contribution in [3.63, 3.8) is 0 Å². The molecule has 0 aliphatic rings. The molecule has 100 valence electrons. The number of phenolic OH excluding ortho intramolecular Hbond substituents is 1. The molecule has 5 nitrogen and oxygen atoms in total. The van der Waals surface area contributed by atoms with Crippen LogP contribution in [0.2, 0.25) is 0 Å². The van der Waals surface area contributed by atoms with Gasteiger partial charge >= 0.3 is 0 Å². The van der Waals surface area contributed by atoms with Gasteiger partial charge in [-0.1, -0.05) is 15.9 Å². The highest BCUT2D eigenvalue weighted by Gasteiger charge is 2.10. The van der Waals surface area contributed by atoms with Gasteiger partial charge in [-0.2, -0.15) is 0 Å². The number of hydrogen-bond donors (Lipinski definition) is 2. The van der Waals surface area contributed by atoms with Crippen LogP contribution in [0.4, 0.5) is 0 Å². The van der Waals surface area contributed by atoms with Crippen LogP contribution in [0.1, 0.15) is 10.4 Å². The number of carbonyl (C=O) groups is 1. The zero-order chi connectivity index (χ0) is 13.4. The van der Waals surface area contributed by atoms with E-state index >= 15 is 0 Å². The van der Waals surface area contributed by atoms with Gasteiger partial charge in [0.25, 0.3) is 5.91 Å². The quantitative estimate of drug-likeness (QED) is 0.749. The second-order valence-electron chi connectivity index (χ2n) is 3.52. The summed E-state index contributed by atoms with van der Waals surface area (Å²) in [5.41, 5.74) is 0.237. The number of hydrogen-bond acceptors (Lipinski definition) is 4. The van der Waals surface area contributed by atoms with E-state index in [4.69, 9.17) is 9.47 Å². The van der Waals surface area contributed by atoms with E-state index in [2.05, 4.69) is 21.2 Å². The molecule has 0 aliphatic heterocycles. The van der Waals surface area contributed by atoms with E-state index in [9.17, 15) is 9.90 Å². The highest BCUT2D eigenvalue weighted by Crippen LogP contribution is 2.21. The Morgan fingerprint density at radius 1 is 1.39 bits per heavy atom. The number of halogens is 1. The maximum atomic E-state index is 11.7. The topological polar surface area (TPSA) is 67.8 Å². The second-order valence-corrected chi connectivity index (χ2v) is 4.44. The van der Waals surface area contributed by atoms with Crippen LogP contribution >= 0.6 is 15.9 Å². The lowest BCUT2D eigenvalue weighted by Crippen LogP contribution is -2.27. The number of rotatable bonds is 7. The summed E-state index contributed by atoms with van der Waals surface area (Å²) in [5.74, 6) is -0.375. The molecule has 1 aromatic carbocycles. The van der Waals surface area contributed by atoms with Crippen molar-refractivity contribution in [2.45, 2.75) is 0 Å². The second kappa shape index (κ2) is 8.07. The van der Waals surface area contributed by atoms with Gasteiger partial charge in [0.15, 0.2) is 0 Å². The molecule has 0 heterocycles. The van der Waals surface area contributed by atoms with Crippen molar-refractivity contribution in [1.29, 1.82) is 0 Å². The lowest BCUT2D eigenvalue weighted by Gasteiger charge is -2.07. The first-order valence-electron chi connectivity index (χ1n) is 5.48. The molecule has 6 heteroatoms. The van der Waals surface area contributed by atoms with Crippen LogP contribution in [-0.2, 0) is 9.47 Å². The number of aromatic hydroxyl groups is 1. The monoisotopic (exact) mass is 317 g/mol. The summed E-state index contributed by atoms with van der Waals surface area (Å²) in [4.78, 5) is 11.7. The number of phenols is 1. The molecular weight excluding hydrogens is 302 g/mol. The Bertz CT molecular complexity index is 398. The molecule has 1 rings (SSSR count). The Morgan fingerprint density at radius 3 is 2.89 bits per heavy atom. The highest BCUT2D eigenvalue weighted by atomic mass is 79.9. The summed E-state index contributed by atoms with van der Waals surface area (Å²) in [6.07, 6.45) is 0. The fourth-order valence-corrected chi connectivity index (χ4v) is 1.63. The molecular formula is C12H16BrNO4. The van der Waals surface area contributed by atoms with Crippen LogP contribution in [0.3, 0.4) is 0 Å². The molecule has 0 bridgehead atoms. The third kappa shape index (κ3) is 5.03. The van der Waals surface area contributed by atoms with Gasteiger partial charge in [-0.25, -0.2) is 0 Å². The van der Waals surface area contributed by atoms with Crippen LogP contribution in [0.5, 0.6) is 5.75 Å². The van der Waals surface area contributed by atoms with E-state index in [0.29, 0.717) is 26.4 Å². The normalized spacial score (nSPS) is 10.3. The molecule has 2 N–H and O–H groups in total. The van der Waals surface area contributed by atoms with Gasteiger partial charge in [0.1, 0.15) is 5.75 Å². The van der Waals surface area contributed by atoms with E-state index in [1.54, 1.807) is 19.2 Å². The lowest BCUT2D eigenvalue weighted by atomic mass is 10.2. The van der Waals surface area contributed by atoms with Gasteiger partial charge in [0, 0.05) is 18.1 Å². The SMILES string of the molecule is COCCOCCNC(=O)c1cc(Br)ccc1O. The standard InChI is InChI=1S/C12H16BrNO4/c1-17-6-7-18-5-4-14-12(16)10-8-9(13)2-3-11(10)15/h2-3,8,15H,4-7H2,1H3,(H,14,16). The Balaban J connectivity index is 2.34. The molecule has 0 saturated heterocycles. The minimum Gasteiger partial charge on any atom is -0.507 e. The molecule has 0 atom stereocenters. The average molecular weight is 318 g/mol. The van der Waals surface area contributed by atoms with Crippen molar-refractivity contribution in [3.05, 3.63) is 28.2 Å². The Hall–Kier alpha value is -1.11. The summed E-state index contributed by atoms with van der Waals surface area (Å²) in [5, 5.41) is 12.2. The molecule has 0 radical (unpaired) electrons. The summed E-state index contributed by atoms with van der Waals surface area (Å²) in [6.45, 7) is 1.81. The predicted molar refractivity (Wildman–Crippen MR) is 70.8 cm³/mol. The maximum absolute atomic E-state index is 11.7. The fraction of sp³-hybridized carbons (Fsp3) is 0.417. The maximum Gasteiger partial charge on any atom is 0.255 e. The summed E-state index contributed by atoms with van der Waals surface area (Å²) < 4.78 is 10.8. The zero-order valence-corrected chi connectivity index (χ0v) is 11.7. The molecule has 0 saturated carbocycles. The van der Waals surface area contributed by atoms with E-state index in [1.807, 2.05) is 0 Å². The van der Waals surface area contributed by atoms with Crippen LogP contribution < -0.4 is 5.32 Å². The average Bonchev–Trinajstić information content (AvgIpc) is 2.36. The first-order valence-corrected chi connectivity index (χ1v) is 6.28. The van der Waals surface area contributed by atoms with Crippen molar-refractivity contribution in [2.75, 3.05) is 33.5 Å². The third-order valence-electron chi connectivity index (χ3n) is 2.17. The van der Waals surface area contributed by atoms with Crippen molar-refractivity contribution < 1.29 is 19.4 Å². The minimum atomic E-state index is -0.329. The fourth-order valence-electron chi connectivity index (χ4n) is 1.27. The van der Waals surface area contributed by atoms with E-state index in [1.165, 1.54) is 6.07 Å². The van der Waals surface area contributed by atoms with Crippen LogP contribution in [0.25, 0.3) is 0 Å². The number of methoxy groups -OCH3 is 1. The summed E-state index contributed by atoms with van der Waals surface area (Å²) >= 11 is 3.25. The first-order chi connectivity index (χ1) is 8.65. The zero-order valence-electron chi connectivity index (χ0n) is 10.1. The molecule has 0 spiro atoms. The Kier molecular flexibility index (Phi) is 6.70. The molecule has 1 amide bonds. The number of nitrogens with one attached hydrogen (secondary N) is 1. The minimum absolute atomic E-state index is 0.0454. The molecule has 1 aromatic rings. The van der Waals surface area contributed by atoms with E-state index in [0.717, 1.165) is 4.47 Å². The number of benzene rings is 1. The van der Waals surface area contributed by atoms with E-state index in [-0.39, 0.29) is 17.2 Å². The van der Waals surface area contributed by atoms with Gasteiger partial charge < -0.3 is 19.9 Å². The lowest BCUT2D eigenvalue weighted by molar-refractivity contribution is 0.0692. The van der Waals surface area contributed by atoms with Crippen molar-refractivity contribution in [3.8, 4) is 5.75 Å². The number of ether oxygens (including phenoxy) is 2.